The molecule has 1 atom stereocenters. The highest BCUT2D eigenvalue weighted by Crippen LogP contribution is 2.12. The topological polar surface area (TPSA) is 150 Å². The first-order valence-electron chi connectivity index (χ1n) is 5.72. The van der Waals surface area contributed by atoms with Gasteiger partial charge < -0.3 is 15.4 Å². The van der Waals surface area contributed by atoms with Crippen molar-refractivity contribution in [3.05, 3.63) is 50.6 Å². The Morgan fingerprint density at radius 2 is 2.14 bits per heavy atom. The third kappa shape index (κ3) is 3.05. The molecule has 0 spiro atoms. The molecule has 0 aliphatic carbocycles. The molecule has 0 aliphatic rings. The van der Waals surface area contributed by atoms with Gasteiger partial charge in [0.15, 0.2) is 6.04 Å². The number of hydrogen-bond donors (Lipinski definition) is 4. The monoisotopic (exact) mass is 293 g/mol. The SMILES string of the molecule is Cn1cc(C(NC(=O)c2c[nH]c(=O)[nH]c2=O)C(=O)O)cn1. The van der Waals surface area contributed by atoms with Crippen molar-refractivity contribution in [3.63, 3.8) is 0 Å². The second-order valence-corrected chi connectivity index (χ2v) is 4.18. The van der Waals surface area contributed by atoms with Crippen LogP contribution >= 0.6 is 0 Å². The van der Waals surface area contributed by atoms with Gasteiger partial charge in [-0.2, -0.15) is 5.10 Å². The van der Waals surface area contributed by atoms with Crippen LogP contribution in [-0.4, -0.2) is 36.7 Å². The Hall–Kier alpha value is -3.17. The van der Waals surface area contributed by atoms with E-state index in [-0.39, 0.29) is 5.56 Å². The fourth-order valence-corrected chi connectivity index (χ4v) is 1.66. The Morgan fingerprint density at radius 3 is 2.67 bits per heavy atom. The van der Waals surface area contributed by atoms with E-state index >= 15 is 0 Å². The van der Waals surface area contributed by atoms with E-state index in [1.165, 1.54) is 17.1 Å². The van der Waals surface area contributed by atoms with Crippen molar-refractivity contribution in [1.29, 1.82) is 0 Å². The zero-order chi connectivity index (χ0) is 15.6. The van der Waals surface area contributed by atoms with E-state index in [1.54, 1.807) is 7.05 Å². The Labute approximate surface area is 116 Å². The number of carbonyl (C=O) groups is 2. The molecule has 0 saturated carbocycles. The molecule has 110 valence electrons. The number of carboxylic acids is 1. The maximum absolute atomic E-state index is 11.9. The summed E-state index contributed by atoms with van der Waals surface area (Å²) in [6, 6.07) is -1.36. The molecule has 21 heavy (non-hydrogen) atoms. The third-order valence-corrected chi connectivity index (χ3v) is 2.64. The van der Waals surface area contributed by atoms with Gasteiger partial charge in [-0.25, -0.2) is 9.59 Å². The minimum absolute atomic E-state index is 0.249. The highest BCUT2D eigenvalue weighted by Gasteiger charge is 2.25. The third-order valence-electron chi connectivity index (χ3n) is 2.64. The number of aliphatic carboxylic acids is 1. The molecule has 4 N–H and O–H groups in total. The average Bonchev–Trinajstić information content (AvgIpc) is 2.81. The van der Waals surface area contributed by atoms with Crippen molar-refractivity contribution in [3.8, 4) is 0 Å². The van der Waals surface area contributed by atoms with Gasteiger partial charge in [-0.1, -0.05) is 0 Å². The van der Waals surface area contributed by atoms with Gasteiger partial charge in [0.1, 0.15) is 5.56 Å². The van der Waals surface area contributed by atoms with Crippen molar-refractivity contribution in [2.24, 2.45) is 7.05 Å². The summed E-state index contributed by atoms with van der Waals surface area (Å²) in [6.07, 6.45) is 3.63. The van der Waals surface area contributed by atoms with Crippen molar-refractivity contribution < 1.29 is 14.7 Å². The van der Waals surface area contributed by atoms with Crippen LogP contribution < -0.4 is 16.6 Å². The minimum Gasteiger partial charge on any atom is -0.479 e. The predicted molar refractivity (Wildman–Crippen MR) is 68.7 cm³/mol. The van der Waals surface area contributed by atoms with Gasteiger partial charge in [0.25, 0.3) is 11.5 Å². The molecule has 2 heterocycles. The van der Waals surface area contributed by atoms with E-state index in [0.29, 0.717) is 0 Å². The second kappa shape index (κ2) is 5.45. The van der Waals surface area contributed by atoms with Crippen molar-refractivity contribution >= 4 is 11.9 Å². The molecular weight excluding hydrogens is 282 g/mol. The van der Waals surface area contributed by atoms with Gasteiger partial charge in [-0.15, -0.1) is 0 Å². The van der Waals surface area contributed by atoms with E-state index in [0.717, 1.165) is 6.20 Å². The Kier molecular flexibility index (Phi) is 3.69. The molecule has 10 heteroatoms. The molecule has 0 fully saturated rings. The summed E-state index contributed by atoms with van der Waals surface area (Å²) in [4.78, 5) is 49.5. The van der Waals surface area contributed by atoms with E-state index in [1.807, 2.05) is 4.98 Å². The summed E-state index contributed by atoms with van der Waals surface area (Å²) < 4.78 is 1.38. The first kappa shape index (κ1) is 14.2. The molecule has 2 rings (SSSR count). The van der Waals surface area contributed by atoms with Crippen LogP contribution in [0.3, 0.4) is 0 Å². The fourth-order valence-electron chi connectivity index (χ4n) is 1.66. The lowest BCUT2D eigenvalue weighted by molar-refractivity contribution is -0.139. The lowest BCUT2D eigenvalue weighted by Gasteiger charge is -2.12. The van der Waals surface area contributed by atoms with E-state index in [4.69, 9.17) is 5.11 Å². The summed E-state index contributed by atoms with van der Waals surface area (Å²) in [7, 11) is 1.59. The minimum atomic E-state index is -1.36. The zero-order valence-electron chi connectivity index (χ0n) is 10.8. The van der Waals surface area contributed by atoms with Gasteiger partial charge in [-0.3, -0.25) is 19.3 Å². The van der Waals surface area contributed by atoms with E-state index in [2.05, 4.69) is 15.4 Å². The smallest absolute Gasteiger partial charge is 0.331 e. The number of nitrogens with zero attached hydrogens (tertiary/aromatic N) is 2. The number of amides is 1. The van der Waals surface area contributed by atoms with Gasteiger partial charge in [0.05, 0.1) is 6.20 Å². The summed E-state index contributed by atoms with van der Waals surface area (Å²) >= 11 is 0. The van der Waals surface area contributed by atoms with Crippen LogP contribution in [0.4, 0.5) is 0 Å². The number of H-pyrrole nitrogens is 2. The van der Waals surface area contributed by atoms with Crippen LogP contribution in [0.2, 0.25) is 0 Å². The zero-order valence-corrected chi connectivity index (χ0v) is 10.8. The lowest BCUT2D eigenvalue weighted by Crippen LogP contribution is -2.38. The van der Waals surface area contributed by atoms with Gasteiger partial charge in [0.2, 0.25) is 0 Å². The van der Waals surface area contributed by atoms with Crippen LogP contribution in [-0.2, 0) is 11.8 Å². The van der Waals surface area contributed by atoms with Crippen molar-refractivity contribution in [1.82, 2.24) is 25.1 Å². The van der Waals surface area contributed by atoms with Crippen molar-refractivity contribution in [2.45, 2.75) is 6.04 Å². The van der Waals surface area contributed by atoms with Crippen molar-refractivity contribution in [2.75, 3.05) is 0 Å². The lowest BCUT2D eigenvalue weighted by atomic mass is 10.1. The quantitative estimate of drug-likeness (QED) is 0.530. The number of nitrogens with one attached hydrogen (secondary N) is 3. The molecule has 0 saturated heterocycles. The summed E-state index contributed by atoms with van der Waals surface area (Å²) in [5, 5.41) is 15.2. The average molecular weight is 293 g/mol. The summed E-state index contributed by atoms with van der Waals surface area (Å²) in [6.45, 7) is 0. The molecular formula is C11H11N5O5. The largest absolute Gasteiger partial charge is 0.479 e. The molecule has 1 amide bonds. The second-order valence-electron chi connectivity index (χ2n) is 4.18. The summed E-state index contributed by atoms with van der Waals surface area (Å²) in [5.74, 6) is -2.24. The van der Waals surface area contributed by atoms with Crippen LogP contribution in [0.1, 0.15) is 22.0 Å². The molecule has 0 aromatic carbocycles. The maximum Gasteiger partial charge on any atom is 0.331 e. The van der Waals surface area contributed by atoms with Crippen LogP contribution in [0, 0.1) is 0 Å². The number of carbonyl (C=O) groups excluding carboxylic acids is 1. The fraction of sp³-hybridized carbons (Fsp3) is 0.182. The Bertz CT molecular complexity index is 802. The number of aryl methyl sites for hydroxylation is 1. The van der Waals surface area contributed by atoms with Gasteiger partial charge in [-0.05, 0) is 0 Å². The maximum atomic E-state index is 11.9. The molecule has 10 nitrogen and oxygen atoms in total. The van der Waals surface area contributed by atoms with Crippen LogP contribution in [0.25, 0.3) is 0 Å². The highest BCUT2D eigenvalue weighted by molar-refractivity contribution is 5.96. The van der Waals surface area contributed by atoms with Crippen LogP contribution in [0.5, 0.6) is 0 Å². The van der Waals surface area contributed by atoms with E-state index < -0.39 is 34.7 Å². The predicted octanol–water partition coefficient (Wildman–Crippen LogP) is -1.65. The number of carboxylic acid groups (broad SMARTS) is 1. The standard InChI is InChI=1S/C11H11N5O5/c1-16-4-5(2-13-16)7(10(19)20)14-8(17)6-3-12-11(21)15-9(6)18/h2-4,7H,1H3,(H,14,17)(H,19,20)(H2,12,15,18,21). The molecule has 0 radical (unpaired) electrons. The number of aromatic amines is 2. The van der Waals surface area contributed by atoms with Gasteiger partial charge >= 0.3 is 11.7 Å². The highest BCUT2D eigenvalue weighted by atomic mass is 16.4. The Balaban J connectivity index is 2.29. The molecule has 2 aromatic heterocycles. The summed E-state index contributed by atoms with van der Waals surface area (Å²) in [5.41, 5.74) is -1.82. The number of hydrogen-bond acceptors (Lipinski definition) is 5. The normalized spacial score (nSPS) is 11.9. The van der Waals surface area contributed by atoms with Crippen LogP contribution in [0.15, 0.2) is 28.2 Å². The first-order chi connectivity index (χ1) is 9.88. The molecule has 0 bridgehead atoms. The van der Waals surface area contributed by atoms with Gasteiger partial charge in [0, 0.05) is 25.0 Å². The Morgan fingerprint density at radius 1 is 1.43 bits per heavy atom. The molecule has 1 unspecified atom stereocenters. The molecule has 0 aliphatic heterocycles. The van der Waals surface area contributed by atoms with E-state index in [9.17, 15) is 19.2 Å². The first-order valence-corrected chi connectivity index (χ1v) is 5.72. The number of aromatic nitrogens is 4. The molecule has 2 aromatic rings. The number of rotatable bonds is 4.